The summed E-state index contributed by atoms with van der Waals surface area (Å²) < 4.78 is 29.6. The van der Waals surface area contributed by atoms with Crippen molar-refractivity contribution in [2.45, 2.75) is 13.2 Å². The summed E-state index contributed by atoms with van der Waals surface area (Å²) in [6, 6.07) is 16.3. The summed E-state index contributed by atoms with van der Waals surface area (Å²) in [5.41, 5.74) is 3.21. The van der Waals surface area contributed by atoms with Crippen molar-refractivity contribution in [3.63, 3.8) is 0 Å². The van der Waals surface area contributed by atoms with Gasteiger partial charge in [-0.3, -0.25) is 9.97 Å². The number of anilines is 1. The zero-order valence-corrected chi connectivity index (χ0v) is 14.6. The van der Waals surface area contributed by atoms with E-state index in [-0.39, 0.29) is 5.75 Å². The normalized spacial score (nSPS) is 10.9. The number of rotatable bonds is 5. The van der Waals surface area contributed by atoms with Crippen molar-refractivity contribution in [3.8, 4) is 11.8 Å². The molecule has 0 aliphatic heterocycles. The van der Waals surface area contributed by atoms with Gasteiger partial charge < -0.3 is 10.1 Å². The summed E-state index contributed by atoms with van der Waals surface area (Å²) in [4.78, 5) is 8.64. The molecule has 0 atom stereocenters. The topological polar surface area (TPSA) is 70.8 Å². The molecule has 0 amide bonds. The lowest BCUT2D eigenvalue weighted by Crippen LogP contribution is -2.05. The Morgan fingerprint density at radius 3 is 2.79 bits per heavy atom. The Balaban J connectivity index is 1.75. The average Bonchev–Trinajstić information content (AvgIpc) is 2.71. The first-order chi connectivity index (χ1) is 13.7. The van der Waals surface area contributed by atoms with Crippen molar-refractivity contribution in [2.24, 2.45) is 0 Å². The minimum Gasteiger partial charge on any atom is -0.435 e. The van der Waals surface area contributed by atoms with Crippen LogP contribution < -0.4 is 10.1 Å². The molecule has 0 spiro atoms. The van der Waals surface area contributed by atoms with Crippen molar-refractivity contribution in [1.82, 2.24) is 9.97 Å². The minimum atomic E-state index is -2.93. The Morgan fingerprint density at radius 2 is 1.96 bits per heavy atom. The molecule has 138 valence electrons. The van der Waals surface area contributed by atoms with Gasteiger partial charge in [0.1, 0.15) is 11.8 Å². The maximum atomic E-state index is 12.6. The van der Waals surface area contributed by atoms with E-state index in [4.69, 9.17) is 0 Å². The van der Waals surface area contributed by atoms with Crippen LogP contribution in [-0.2, 0) is 6.54 Å². The van der Waals surface area contributed by atoms with E-state index in [1.807, 2.05) is 30.3 Å². The molecule has 28 heavy (non-hydrogen) atoms. The molecule has 2 aromatic carbocycles. The first-order valence-corrected chi connectivity index (χ1v) is 8.50. The van der Waals surface area contributed by atoms with Gasteiger partial charge in [-0.25, -0.2) is 0 Å². The van der Waals surface area contributed by atoms with E-state index in [9.17, 15) is 14.0 Å². The highest BCUT2D eigenvalue weighted by Gasteiger charge is 2.12. The monoisotopic (exact) mass is 376 g/mol. The standard InChI is InChI=1S/C21H14F2N4O/c22-21(23)28-16-6-7-18-17(9-16)20(15(10-24)12-26-18)27-11-14-4-1-3-13-5-2-8-25-19(13)14/h1-9,12,21H,11H2,(H,26,27). The van der Waals surface area contributed by atoms with E-state index >= 15 is 0 Å². The van der Waals surface area contributed by atoms with Crippen LogP contribution in [0, 0.1) is 11.3 Å². The summed E-state index contributed by atoms with van der Waals surface area (Å²) >= 11 is 0. The SMILES string of the molecule is N#Cc1cnc2ccc(OC(F)F)cc2c1NCc1cccc2cccnc12. The maximum Gasteiger partial charge on any atom is 0.387 e. The fraction of sp³-hybridized carbons (Fsp3) is 0.0952. The van der Waals surface area contributed by atoms with E-state index in [0.29, 0.717) is 28.7 Å². The van der Waals surface area contributed by atoms with E-state index in [2.05, 4.69) is 26.1 Å². The number of nitriles is 1. The van der Waals surface area contributed by atoms with Crippen LogP contribution >= 0.6 is 0 Å². The van der Waals surface area contributed by atoms with Gasteiger partial charge in [0.25, 0.3) is 0 Å². The zero-order valence-electron chi connectivity index (χ0n) is 14.6. The molecule has 5 nitrogen and oxygen atoms in total. The van der Waals surface area contributed by atoms with Gasteiger partial charge in [-0.2, -0.15) is 14.0 Å². The van der Waals surface area contributed by atoms with E-state index in [1.165, 1.54) is 18.3 Å². The molecule has 0 unspecified atom stereocenters. The van der Waals surface area contributed by atoms with Crippen molar-refractivity contribution in [3.05, 3.63) is 72.1 Å². The van der Waals surface area contributed by atoms with E-state index < -0.39 is 6.61 Å². The molecule has 4 aromatic rings. The second-order valence-corrected chi connectivity index (χ2v) is 6.06. The highest BCUT2D eigenvalue weighted by atomic mass is 19.3. The quantitative estimate of drug-likeness (QED) is 0.538. The number of alkyl halides is 2. The van der Waals surface area contributed by atoms with Gasteiger partial charge in [-0.05, 0) is 29.8 Å². The van der Waals surface area contributed by atoms with Crippen molar-refractivity contribution < 1.29 is 13.5 Å². The Hall–Kier alpha value is -3.79. The number of para-hydroxylation sites is 1. The van der Waals surface area contributed by atoms with Gasteiger partial charge in [0.15, 0.2) is 0 Å². The number of pyridine rings is 2. The van der Waals surface area contributed by atoms with E-state index in [1.54, 1.807) is 12.3 Å². The second kappa shape index (κ2) is 7.45. The fourth-order valence-electron chi connectivity index (χ4n) is 3.12. The lowest BCUT2D eigenvalue weighted by Gasteiger charge is -2.13. The summed E-state index contributed by atoms with van der Waals surface area (Å²) in [5, 5.41) is 14.3. The summed E-state index contributed by atoms with van der Waals surface area (Å²) in [7, 11) is 0. The molecule has 0 radical (unpaired) electrons. The molecular weight excluding hydrogens is 362 g/mol. The molecule has 1 N–H and O–H groups in total. The smallest absolute Gasteiger partial charge is 0.387 e. The Kier molecular flexibility index (Phi) is 4.68. The summed E-state index contributed by atoms with van der Waals surface area (Å²) in [6.07, 6.45) is 3.18. The van der Waals surface area contributed by atoms with Crippen LogP contribution in [0.15, 0.2) is 60.9 Å². The Labute approximate surface area is 159 Å². The minimum absolute atomic E-state index is 0.00858. The van der Waals surface area contributed by atoms with Crippen LogP contribution in [0.2, 0.25) is 0 Å². The van der Waals surface area contributed by atoms with Crippen molar-refractivity contribution in [2.75, 3.05) is 5.32 Å². The van der Waals surface area contributed by atoms with Crippen LogP contribution in [0.5, 0.6) is 5.75 Å². The van der Waals surface area contributed by atoms with Crippen LogP contribution in [-0.4, -0.2) is 16.6 Å². The van der Waals surface area contributed by atoms with Crippen LogP contribution in [0.1, 0.15) is 11.1 Å². The predicted molar refractivity (Wildman–Crippen MR) is 102 cm³/mol. The van der Waals surface area contributed by atoms with Gasteiger partial charge in [-0.1, -0.05) is 24.3 Å². The zero-order chi connectivity index (χ0) is 19.5. The van der Waals surface area contributed by atoms with Gasteiger partial charge in [0.2, 0.25) is 0 Å². The Bertz CT molecular complexity index is 1200. The summed E-state index contributed by atoms with van der Waals surface area (Å²) in [5.74, 6) is 0.00858. The number of ether oxygens (including phenoxy) is 1. The largest absolute Gasteiger partial charge is 0.435 e. The molecule has 0 aliphatic carbocycles. The summed E-state index contributed by atoms with van der Waals surface area (Å²) in [6.45, 7) is -2.52. The van der Waals surface area contributed by atoms with E-state index in [0.717, 1.165) is 16.5 Å². The number of aromatic nitrogens is 2. The number of hydrogen-bond acceptors (Lipinski definition) is 5. The molecule has 0 bridgehead atoms. The number of benzene rings is 2. The predicted octanol–water partition coefficient (Wildman–Crippen LogP) is 4.87. The maximum absolute atomic E-state index is 12.6. The molecule has 4 rings (SSSR count). The average molecular weight is 376 g/mol. The third kappa shape index (κ3) is 3.40. The highest BCUT2D eigenvalue weighted by molar-refractivity contribution is 5.95. The lowest BCUT2D eigenvalue weighted by atomic mass is 10.1. The number of fused-ring (bicyclic) bond motifs is 2. The number of hydrogen-bond donors (Lipinski definition) is 1. The first kappa shape index (κ1) is 17.6. The number of nitrogens with one attached hydrogen (secondary N) is 1. The molecule has 0 saturated heterocycles. The molecule has 0 aliphatic rings. The van der Waals surface area contributed by atoms with Crippen LogP contribution in [0.25, 0.3) is 21.8 Å². The third-order valence-electron chi connectivity index (χ3n) is 4.36. The lowest BCUT2D eigenvalue weighted by molar-refractivity contribution is -0.0497. The molecule has 2 heterocycles. The fourth-order valence-corrected chi connectivity index (χ4v) is 3.12. The highest BCUT2D eigenvalue weighted by Crippen LogP contribution is 2.30. The number of nitrogens with zero attached hydrogens (tertiary/aromatic N) is 3. The molecule has 2 aromatic heterocycles. The first-order valence-electron chi connectivity index (χ1n) is 8.50. The van der Waals surface area contributed by atoms with Gasteiger partial charge >= 0.3 is 6.61 Å². The number of halogens is 2. The van der Waals surface area contributed by atoms with Crippen molar-refractivity contribution in [1.29, 1.82) is 5.26 Å². The van der Waals surface area contributed by atoms with Gasteiger partial charge in [-0.15, -0.1) is 0 Å². The molecule has 0 fully saturated rings. The molecular formula is C21H14F2N4O. The van der Waals surface area contributed by atoms with Crippen LogP contribution in [0.4, 0.5) is 14.5 Å². The van der Waals surface area contributed by atoms with Gasteiger partial charge in [0, 0.05) is 29.7 Å². The van der Waals surface area contributed by atoms with Gasteiger partial charge in [0.05, 0.1) is 22.3 Å². The molecule has 0 saturated carbocycles. The van der Waals surface area contributed by atoms with Crippen LogP contribution in [0.3, 0.4) is 0 Å². The molecule has 7 heteroatoms. The third-order valence-corrected chi connectivity index (χ3v) is 4.36. The second-order valence-electron chi connectivity index (χ2n) is 6.06. The van der Waals surface area contributed by atoms with Crippen molar-refractivity contribution >= 4 is 27.5 Å². The Morgan fingerprint density at radius 1 is 1.11 bits per heavy atom.